The maximum atomic E-state index is 13.5. The first-order chi connectivity index (χ1) is 15.0. The van der Waals surface area contributed by atoms with E-state index in [-0.39, 0.29) is 18.2 Å². The minimum absolute atomic E-state index is 0.0611. The summed E-state index contributed by atoms with van der Waals surface area (Å²) in [7, 11) is 1.62. The zero-order valence-electron chi connectivity index (χ0n) is 18.5. The van der Waals surface area contributed by atoms with Crippen LogP contribution in [0.1, 0.15) is 27.8 Å². The molecule has 0 fully saturated rings. The first-order valence-corrected chi connectivity index (χ1v) is 10.6. The van der Waals surface area contributed by atoms with Crippen LogP contribution in [0.15, 0.2) is 78.9 Å². The summed E-state index contributed by atoms with van der Waals surface area (Å²) in [5.74, 6) is -0.220. The molecule has 0 radical (unpaired) electrons. The predicted octanol–water partition coefficient (Wildman–Crippen LogP) is 4.23. The average Bonchev–Trinajstić information content (AvgIpc) is 2.79. The van der Waals surface area contributed by atoms with Gasteiger partial charge in [0.2, 0.25) is 11.8 Å². The maximum Gasteiger partial charge on any atom is 0.242 e. The lowest BCUT2D eigenvalue weighted by Gasteiger charge is -2.31. The number of hydrogen-bond acceptors (Lipinski definition) is 2. The van der Waals surface area contributed by atoms with Crippen LogP contribution >= 0.6 is 0 Å². The van der Waals surface area contributed by atoms with Crippen LogP contribution in [0.25, 0.3) is 0 Å². The van der Waals surface area contributed by atoms with Crippen LogP contribution in [0.2, 0.25) is 0 Å². The van der Waals surface area contributed by atoms with Crippen molar-refractivity contribution in [2.45, 2.75) is 39.3 Å². The number of likely N-dealkylation sites (N-methyl/N-ethyl adjacent to an activating group) is 1. The van der Waals surface area contributed by atoms with Gasteiger partial charge < -0.3 is 10.2 Å². The molecule has 2 amide bonds. The van der Waals surface area contributed by atoms with Gasteiger partial charge in [0, 0.05) is 20.0 Å². The molecule has 4 heteroatoms. The largest absolute Gasteiger partial charge is 0.357 e. The monoisotopic (exact) mass is 414 g/mol. The number of nitrogens with zero attached hydrogens (tertiary/aromatic N) is 1. The van der Waals surface area contributed by atoms with Crippen molar-refractivity contribution < 1.29 is 9.59 Å². The number of hydrogen-bond donors (Lipinski definition) is 1. The highest BCUT2D eigenvalue weighted by Gasteiger charge is 2.29. The molecule has 0 aliphatic rings. The van der Waals surface area contributed by atoms with E-state index in [1.807, 2.05) is 92.7 Å². The van der Waals surface area contributed by atoms with Gasteiger partial charge in [-0.05, 0) is 30.5 Å². The van der Waals surface area contributed by atoms with Crippen molar-refractivity contribution in [1.29, 1.82) is 0 Å². The molecule has 0 saturated heterocycles. The van der Waals surface area contributed by atoms with Crippen molar-refractivity contribution in [3.63, 3.8) is 0 Å². The van der Waals surface area contributed by atoms with Crippen LogP contribution in [0.5, 0.6) is 0 Å². The fraction of sp³-hybridized carbons (Fsp3) is 0.259. The van der Waals surface area contributed by atoms with Gasteiger partial charge in [-0.2, -0.15) is 0 Å². The summed E-state index contributed by atoms with van der Waals surface area (Å²) >= 11 is 0. The molecule has 3 aromatic rings. The summed E-state index contributed by atoms with van der Waals surface area (Å²) in [6.45, 7) is 4.44. The van der Waals surface area contributed by atoms with Crippen LogP contribution in [-0.4, -0.2) is 29.8 Å². The van der Waals surface area contributed by atoms with Crippen molar-refractivity contribution in [2.75, 3.05) is 7.05 Å². The molecule has 0 saturated carbocycles. The molecule has 0 heterocycles. The van der Waals surface area contributed by atoms with Gasteiger partial charge in [0.1, 0.15) is 6.04 Å². The first kappa shape index (κ1) is 22.3. The Balaban J connectivity index is 1.92. The van der Waals surface area contributed by atoms with Crippen LogP contribution in [0.3, 0.4) is 0 Å². The molecule has 4 nitrogen and oxygen atoms in total. The lowest BCUT2D eigenvalue weighted by Crippen LogP contribution is -2.50. The predicted molar refractivity (Wildman–Crippen MR) is 125 cm³/mol. The summed E-state index contributed by atoms with van der Waals surface area (Å²) < 4.78 is 0. The third-order valence-electron chi connectivity index (χ3n) is 5.47. The van der Waals surface area contributed by atoms with Crippen LogP contribution in [0.4, 0.5) is 0 Å². The van der Waals surface area contributed by atoms with E-state index >= 15 is 0 Å². The molecule has 0 aromatic heterocycles. The smallest absolute Gasteiger partial charge is 0.242 e. The standard InChI is InChI=1S/C27H30N2O2/c1-20-9-13-23(14-10-20)18-26(30)29(19-24-15-11-21(2)12-16-24)25(27(31)28-3)17-22-7-5-4-6-8-22/h4-16,25H,17-19H2,1-3H3,(H,28,31)/t25-/m1/s1. The summed E-state index contributed by atoms with van der Waals surface area (Å²) in [5.41, 5.74) is 5.28. The topological polar surface area (TPSA) is 49.4 Å². The van der Waals surface area contributed by atoms with E-state index in [4.69, 9.17) is 0 Å². The maximum absolute atomic E-state index is 13.5. The Hall–Kier alpha value is -3.40. The molecule has 3 rings (SSSR count). The normalized spacial score (nSPS) is 11.6. The van der Waals surface area contributed by atoms with Gasteiger partial charge in [-0.3, -0.25) is 9.59 Å². The van der Waals surface area contributed by atoms with Crippen molar-refractivity contribution in [3.05, 3.63) is 107 Å². The highest BCUT2D eigenvalue weighted by atomic mass is 16.2. The van der Waals surface area contributed by atoms with Crippen molar-refractivity contribution in [3.8, 4) is 0 Å². The molecule has 31 heavy (non-hydrogen) atoms. The van der Waals surface area contributed by atoms with E-state index < -0.39 is 6.04 Å². The van der Waals surface area contributed by atoms with Gasteiger partial charge in [0.25, 0.3) is 0 Å². The zero-order chi connectivity index (χ0) is 22.2. The molecule has 0 aliphatic heterocycles. The van der Waals surface area contributed by atoms with E-state index in [2.05, 4.69) is 5.32 Å². The summed E-state index contributed by atoms with van der Waals surface area (Å²) in [6, 6.07) is 25.3. The number of rotatable bonds is 8. The van der Waals surface area contributed by atoms with Gasteiger partial charge in [0.15, 0.2) is 0 Å². The minimum atomic E-state index is -0.591. The number of nitrogens with one attached hydrogen (secondary N) is 1. The van der Waals surface area contributed by atoms with Gasteiger partial charge in [0.05, 0.1) is 6.42 Å². The third-order valence-corrected chi connectivity index (χ3v) is 5.47. The van der Waals surface area contributed by atoms with Gasteiger partial charge in [-0.25, -0.2) is 0 Å². The zero-order valence-corrected chi connectivity index (χ0v) is 18.5. The summed E-state index contributed by atoms with van der Waals surface area (Å²) in [5, 5.41) is 2.75. The Morgan fingerprint density at radius 3 is 1.87 bits per heavy atom. The molecule has 0 bridgehead atoms. The van der Waals surface area contributed by atoms with E-state index in [0.717, 1.165) is 27.8 Å². The number of benzene rings is 3. The van der Waals surface area contributed by atoms with Gasteiger partial charge in [-0.1, -0.05) is 90.0 Å². The SMILES string of the molecule is CNC(=O)[C@@H](Cc1ccccc1)N(Cc1ccc(C)cc1)C(=O)Cc1ccc(C)cc1. The van der Waals surface area contributed by atoms with Crippen LogP contribution in [-0.2, 0) is 29.0 Å². The van der Waals surface area contributed by atoms with Gasteiger partial charge in [-0.15, -0.1) is 0 Å². The molecule has 0 unspecified atom stereocenters. The number of aryl methyl sites for hydroxylation is 2. The second-order valence-electron chi connectivity index (χ2n) is 7.99. The fourth-order valence-corrected chi connectivity index (χ4v) is 3.59. The van der Waals surface area contributed by atoms with Crippen molar-refractivity contribution in [1.82, 2.24) is 10.2 Å². The average molecular weight is 415 g/mol. The molecule has 0 aliphatic carbocycles. The van der Waals surface area contributed by atoms with Crippen molar-refractivity contribution in [2.24, 2.45) is 0 Å². The quantitative estimate of drug-likeness (QED) is 0.600. The van der Waals surface area contributed by atoms with E-state index in [1.54, 1.807) is 11.9 Å². The van der Waals surface area contributed by atoms with E-state index in [9.17, 15) is 9.59 Å². The highest BCUT2D eigenvalue weighted by molar-refractivity contribution is 5.88. The lowest BCUT2D eigenvalue weighted by atomic mass is 10.0. The number of amides is 2. The Kier molecular flexibility index (Phi) is 7.60. The fourth-order valence-electron chi connectivity index (χ4n) is 3.59. The van der Waals surface area contributed by atoms with Crippen LogP contribution < -0.4 is 5.32 Å². The third kappa shape index (κ3) is 6.29. The van der Waals surface area contributed by atoms with E-state index in [0.29, 0.717) is 13.0 Å². The second-order valence-corrected chi connectivity index (χ2v) is 7.99. The van der Waals surface area contributed by atoms with Crippen LogP contribution in [0, 0.1) is 13.8 Å². The molecule has 1 N–H and O–H groups in total. The van der Waals surface area contributed by atoms with Crippen molar-refractivity contribution >= 4 is 11.8 Å². The highest BCUT2D eigenvalue weighted by Crippen LogP contribution is 2.17. The van der Waals surface area contributed by atoms with E-state index in [1.165, 1.54) is 0 Å². The molecule has 0 spiro atoms. The molecular weight excluding hydrogens is 384 g/mol. The Morgan fingerprint density at radius 1 is 0.774 bits per heavy atom. The number of carbonyl (C=O) groups excluding carboxylic acids is 2. The summed E-state index contributed by atoms with van der Waals surface area (Å²) in [6.07, 6.45) is 0.723. The molecule has 160 valence electrons. The first-order valence-electron chi connectivity index (χ1n) is 10.6. The number of carbonyl (C=O) groups is 2. The van der Waals surface area contributed by atoms with Gasteiger partial charge >= 0.3 is 0 Å². The Labute approximate surface area is 184 Å². The molecule has 1 atom stereocenters. The Morgan fingerprint density at radius 2 is 1.32 bits per heavy atom. The minimum Gasteiger partial charge on any atom is -0.357 e. The Bertz CT molecular complexity index is 996. The second kappa shape index (κ2) is 10.6. The summed E-state index contributed by atoms with van der Waals surface area (Å²) in [4.78, 5) is 28.1. The molecular formula is C27H30N2O2. The molecule has 3 aromatic carbocycles. The lowest BCUT2D eigenvalue weighted by molar-refractivity contribution is -0.140.